The zero-order chi connectivity index (χ0) is 24.6. The molecule has 1 amide bonds. The molecule has 0 fully saturated rings. The number of sulfonamides is 1. The summed E-state index contributed by atoms with van der Waals surface area (Å²) in [7, 11) is -1.38. The van der Waals surface area contributed by atoms with Crippen molar-refractivity contribution in [1.82, 2.24) is 9.73 Å². The maximum atomic E-state index is 13.6. The van der Waals surface area contributed by atoms with Crippen LogP contribution in [0.4, 0.5) is 0 Å². The predicted octanol–water partition coefficient (Wildman–Crippen LogP) is 2.75. The van der Waals surface area contributed by atoms with Gasteiger partial charge >= 0.3 is 0 Å². The Bertz CT molecular complexity index is 1260. The number of carbonyl (C=O) groups is 1. The minimum absolute atomic E-state index is 0.0484. The van der Waals surface area contributed by atoms with Gasteiger partial charge in [0.1, 0.15) is 22.1 Å². The molecular formula is C24H25N3O6S. The van der Waals surface area contributed by atoms with Crippen LogP contribution in [0.1, 0.15) is 11.1 Å². The highest BCUT2D eigenvalue weighted by Crippen LogP contribution is 2.31. The molecule has 0 radical (unpaired) electrons. The fourth-order valence-corrected chi connectivity index (χ4v) is 4.67. The number of benzene rings is 3. The number of ether oxygens (including phenoxy) is 2. The van der Waals surface area contributed by atoms with E-state index in [2.05, 4.69) is 10.5 Å². The summed E-state index contributed by atoms with van der Waals surface area (Å²) >= 11 is 0. The Hall–Kier alpha value is -3.89. The third kappa shape index (κ3) is 6.33. The van der Waals surface area contributed by atoms with Gasteiger partial charge in [0.25, 0.3) is 5.91 Å². The molecule has 0 saturated carbocycles. The normalized spacial score (nSPS) is 11.5. The van der Waals surface area contributed by atoms with Crippen molar-refractivity contribution in [1.29, 1.82) is 0 Å². The Morgan fingerprint density at radius 3 is 2.47 bits per heavy atom. The van der Waals surface area contributed by atoms with Crippen LogP contribution in [-0.4, -0.2) is 50.7 Å². The van der Waals surface area contributed by atoms with E-state index in [1.54, 1.807) is 42.5 Å². The van der Waals surface area contributed by atoms with Crippen LogP contribution in [0.15, 0.2) is 82.8 Å². The van der Waals surface area contributed by atoms with E-state index in [1.165, 1.54) is 44.7 Å². The number of amides is 1. The lowest BCUT2D eigenvalue weighted by Crippen LogP contribution is -2.39. The van der Waals surface area contributed by atoms with E-state index in [0.29, 0.717) is 16.9 Å². The van der Waals surface area contributed by atoms with Crippen molar-refractivity contribution >= 4 is 22.1 Å². The average Bonchev–Trinajstić information content (AvgIpc) is 2.84. The Balaban J connectivity index is 1.87. The number of rotatable bonds is 10. The van der Waals surface area contributed by atoms with Gasteiger partial charge in [0.05, 0.1) is 27.0 Å². The molecule has 0 aliphatic carbocycles. The second-order valence-electron chi connectivity index (χ2n) is 7.16. The molecule has 2 N–H and O–H groups in total. The van der Waals surface area contributed by atoms with Gasteiger partial charge in [-0.2, -0.15) is 9.41 Å². The molecule has 178 valence electrons. The Morgan fingerprint density at radius 2 is 1.79 bits per heavy atom. The Labute approximate surface area is 198 Å². The molecule has 9 nitrogen and oxygen atoms in total. The summed E-state index contributed by atoms with van der Waals surface area (Å²) in [6, 6.07) is 19.6. The molecule has 3 rings (SSSR count). The summed E-state index contributed by atoms with van der Waals surface area (Å²) < 4.78 is 38.7. The number of phenolic OH excluding ortho intramolecular Hbond substituents is 1. The van der Waals surface area contributed by atoms with Crippen LogP contribution in [0.3, 0.4) is 0 Å². The van der Waals surface area contributed by atoms with Gasteiger partial charge < -0.3 is 14.6 Å². The van der Waals surface area contributed by atoms with E-state index in [1.807, 2.05) is 6.07 Å². The molecule has 3 aromatic carbocycles. The van der Waals surface area contributed by atoms with Gasteiger partial charge in [-0.25, -0.2) is 13.8 Å². The number of nitrogens with one attached hydrogen (secondary N) is 1. The van der Waals surface area contributed by atoms with Gasteiger partial charge in [0, 0.05) is 12.6 Å². The highest BCUT2D eigenvalue weighted by molar-refractivity contribution is 7.89. The molecule has 0 unspecified atom stereocenters. The van der Waals surface area contributed by atoms with E-state index in [4.69, 9.17) is 9.47 Å². The van der Waals surface area contributed by atoms with Crippen molar-refractivity contribution in [2.24, 2.45) is 5.10 Å². The fourth-order valence-electron chi connectivity index (χ4n) is 3.12. The van der Waals surface area contributed by atoms with Crippen LogP contribution < -0.4 is 14.9 Å². The Morgan fingerprint density at radius 1 is 1.03 bits per heavy atom. The van der Waals surface area contributed by atoms with E-state index >= 15 is 0 Å². The lowest BCUT2D eigenvalue weighted by atomic mass is 10.2. The summed E-state index contributed by atoms with van der Waals surface area (Å²) in [4.78, 5) is 12.5. The highest BCUT2D eigenvalue weighted by Gasteiger charge is 2.30. The van der Waals surface area contributed by atoms with E-state index in [9.17, 15) is 18.3 Å². The minimum Gasteiger partial charge on any atom is -0.508 e. The molecule has 10 heteroatoms. The van der Waals surface area contributed by atoms with Gasteiger partial charge in [-0.15, -0.1) is 0 Å². The lowest BCUT2D eigenvalue weighted by Gasteiger charge is -2.23. The number of nitrogens with zero attached hydrogens (tertiary/aromatic N) is 2. The molecule has 0 aromatic heterocycles. The Kier molecular flexibility index (Phi) is 8.23. The van der Waals surface area contributed by atoms with E-state index in [-0.39, 0.29) is 22.9 Å². The van der Waals surface area contributed by atoms with Gasteiger partial charge in [-0.3, -0.25) is 4.79 Å². The van der Waals surface area contributed by atoms with Crippen molar-refractivity contribution in [2.75, 3.05) is 20.8 Å². The van der Waals surface area contributed by atoms with E-state index < -0.39 is 22.5 Å². The highest BCUT2D eigenvalue weighted by atomic mass is 32.2. The molecule has 0 aliphatic heterocycles. The summed E-state index contributed by atoms with van der Waals surface area (Å²) in [6.45, 7) is -0.539. The lowest BCUT2D eigenvalue weighted by molar-refractivity contribution is -0.121. The summed E-state index contributed by atoms with van der Waals surface area (Å²) in [6.07, 6.45) is 1.35. The molecule has 0 saturated heterocycles. The average molecular weight is 484 g/mol. The van der Waals surface area contributed by atoms with Gasteiger partial charge in [0.2, 0.25) is 10.0 Å². The SMILES string of the molecule is COc1ccc(OC)c(S(=O)(=O)N(CC(=O)NN=Cc2cccc(O)c2)Cc2ccccc2)c1. The first kappa shape index (κ1) is 24.7. The summed E-state index contributed by atoms with van der Waals surface area (Å²) in [5, 5.41) is 13.4. The van der Waals surface area contributed by atoms with Crippen molar-refractivity contribution in [3.05, 3.63) is 83.9 Å². The van der Waals surface area contributed by atoms with Crippen LogP contribution in [-0.2, 0) is 21.4 Å². The molecule has 3 aromatic rings. The zero-order valence-electron chi connectivity index (χ0n) is 18.7. The fraction of sp³-hybridized carbons (Fsp3) is 0.167. The maximum Gasteiger partial charge on any atom is 0.255 e. The van der Waals surface area contributed by atoms with Crippen molar-refractivity contribution in [3.63, 3.8) is 0 Å². The van der Waals surface area contributed by atoms with Crippen molar-refractivity contribution in [3.8, 4) is 17.2 Å². The standard InChI is InChI=1S/C24H25N3O6S/c1-32-21-11-12-22(33-2)23(14-21)34(30,31)27(16-18-7-4-3-5-8-18)17-24(29)26-25-15-19-9-6-10-20(28)13-19/h3-15,28H,16-17H2,1-2H3,(H,26,29). The number of methoxy groups -OCH3 is 2. The van der Waals surface area contributed by atoms with Crippen LogP contribution in [0, 0.1) is 0 Å². The van der Waals surface area contributed by atoms with Crippen molar-refractivity contribution in [2.45, 2.75) is 11.4 Å². The largest absolute Gasteiger partial charge is 0.508 e. The first-order valence-corrected chi connectivity index (χ1v) is 11.6. The first-order valence-electron chi connectivity index (χ1n) is 10.2. The van der Waals surface area contributed by atoms with Gasteiger partial charge in [0.15, 0.2) is 0 Å². The summed E-state index contributed by atoms with van der Waals surface area (Å²) in [5.41, 5.74) is 3.59. The molecule has 0 aliphatic rings. The third-order valence-electron chi connectivity index (χ3n) is 4.78. The van der Waals surface area contributed by atoms with Crippen LogP contribution in [0.25, 0.3) is 0 Å². The number of aromatic hydroxyl groups is 1. The molecule has 0 atom stereocenters. The van der Waals surface area contributed by atoms with Gasteiger partial charge in [-0.1, -0.05) is 42.5 Å². The quantitative estimate of drug-likeness (QED) is 0.338. The van der Waals surface area contributed by atoms with Crippen LogP contribution in [0.2, 0.25) is 0 Å². The topological polar surface area (TPSA) is 118 Å². The predicted molar refractivity (Wildman–Crippen MR) is 127 cm³/mol. The minimum atomic E-state index is -4.17. The number of hydrogen-bond donors (Lipinski definition) is 2. The van der Waals surface area contributed by atoms with E-state index in [0.717, 1.165) is 4.31 Å². The second kappa shape index (κ2) is 11.3. The zero-order valence-corrected chi connectivity index (χ0v) is 19.5. The van der Waals surface area contributed by atoms with Gasteiger partial charge in [-0.05, 0) is 35.4 Å². The number of hydrazone groups is 1. The molecular weight excluding hydrogens is 458 g/mol. The number of carbonyl (C=O) groups excluding carboxylic acids is 1. The number of hydrogen-bond acceptors (Lipinski definition) is 7. The first-order chi connectivity index (χ1) is 16.3. The molecule has 0 spiro atoms. The van der Waals surface area contributed by atoms with Crippen molar-refractivity contribution < 1.29 is 27.8 Å². The monoisotopic (exact) mass is 483 g/mol. The molecule has 0 bridgehead atoms. The molecule has 34 heavy (non-hydrogen) atoms. The van der Waals surface area contributed by atoms with Crippen LogP contribution >= 0.6 is 0 Å². The second-order valence-corrected chi connectivity index (χ2v) is 9.07. The van der Waals surface area contributed by atoms with Crippen LogP contribution in [0.5, 0.6) is 17.2 Å². The number of phenols is 1. The smallest absolute Gasteiger partial charge is 0.255 e. The molecule has 0 heterocycles. The maximum absolute atomic E-state index is 13.6. The third-order valence-corrected chi connectivity index (χ3v) is 6.60. The summed E-state index contributed by atoms with van der Waals surface area (Å²) in [5.74, 6) is -0.124.